The lowest BCUT2D eigenvalue weighted by molar-refractivity contribution is -0.136. The van der Waals surface area contributed by atoms with Crippen molar-refractivity contribution in [3.63, 3.8) is 0 Å². The zero-order valence-electron chi connectivity index (χ0n) is 15.9. The van der Waals surface area contributed by atoms with Crippen molar-refractivity contribution in [2.45, 2.75) is 76.4 Å². The zero-order chi connectivity index (χ0) is 19.4. The number of fused-ring (bicyclic) bond motifs is 3. The van der Waals surface area contributed by atoms with Crippen molar-refractivity contribution in [1.82, 2.24) is 0 Å². The maximum Gasteiger partial charge on any atom is 0.303 e. The molecule has 4 nitrogen and oxygen atoms in total. The molecule has 3 rings (SSSR count). The number of aliphatic carboxylic acids is 1. The van der Waals surface area contributed by atoms with Gasteiger partial charge in [0.05, 0.1) is 6.10 Å². The van der Waals surface area contributed by atoms with Gasteiger partial charge in [-0.3, -0.25) is 4.79 Å². The molecule has 0 radical (unpaired) electrons. The summed E-state index contributed by atoms with van der Waals surface area (Å²) in [4.78, 5) is 10.9. The number of carboxylic acids is 1. The van der Waals surface area contributed by atoms with E-state index in [1.807, 2.05) is 12.1 Å². The SMILES string of the molecule is CCCCCC(O)/C(Br)=C/C1CC[C@@H]2Oc3c(CCC(=O)O)cccc3[C@H]12. The van der Waals surface area contributed by atoms with Crippen LogP contribution in [0.3, 0.4) is 0 Å². The highest BCUT2D eigenvalue weighted by Gasteiger charge is 2.44. The van der Waals surface area contributed by atoms with Gasteiger partial charge in [0.1, 0.15) is 11.9 Å². The second-order valence-electron chi connectivity index (χ2n) is 7.72. The molecule has 1 fully saturated rings. The first kappa shape index (κ1) is 20.4. The predicted molar refractivity (Wildman–Crippen MR) is 109 cm³/mol. The summed E-state index contributed by atoms with van der Waals surface area (Å²) in [5.41, 5.74) is 2.19. The number of aliphatic hydroxyl groups excluding tert-OH is 1. The molecule has 0 spiro atoms. The highest BCUT2D eigenvalue weighted by molar-refractivity contribution is 9.11. The molecule has 2 N–H and O–H groups in total. The number of carboxylic acid groups (broad SMARTS) is 1. The first-order chi connectivity index (χ1) is 13.0. The number of unbranched alkanes of at least 4 members (excludes halogenated alkanes) is 2. The van der Waals surface area contributed by atoms with Gasteiger partial charge in [-0.15, -0.1) is 0 Å². The third-order valence-electron chi connectivity index (χ3n) is 5.78. The van der Waals surface area contributed by atoms with Crippen LogP contribution in [0, 0.1) is 5.92 Å². The van der Waals surface area contributed by atoms with E-state index >= 15 is 0 Å². The van der Waals surface area contributed by atoms with Gasteiger partial charge in [-0.1, -0.05) is 66.4 Å². The van der Waals surface area contributed by atoms with Gasteiger partial charge in [-0.2, -0.15) is 0 Å². The van der Waals surface area contributed by atoms with E-state index in [2.05, 4.69) is 35.0 Å². The Morgan fingerprint density at radius 2 is 2.19 bits per heavy atom. The maximum absolute atomic E-state index is 10.9. The molecule has 0 saturated heterocycles. The zero-order valence-corrected chi connectivity index (χ0v) is 17.5. The van der Waals surface area contributed by atoms with Gasteiger partial charge in [-0.05, 0) is 37.2 Å². The number of halogens is 1. The Kier molecular flexibility index (Phi) is 6.99. The van der Waals surface area contributed by atoms with E-state index in [0.29, 0.717) is 18.3 Å². The van der Waals surface area contributed by atoms with Crippen LogP contribution < -0.4 is 4.74 Å². The van der Waals surface area contributed by atoms with Crippen molar-refractivity contribution in [2.24, 2.45) is 5.92 Å². The van der Waals surface area contributed by atoms with E-state index in [4.69, 9.17) is 9.84 Å². The minimum absolute atomic E-state index is 0.119. The quantitative estimate of drug-likeness (QED) is 0.523. The summed E-state index contributed by atoms with van der Waals surface area (Å²) in [6, 6.07) is 6.10. The molecule has 1 aliphatic carbocycles. The molecule has 2 aliphatic rings. The van der Waals surface area contributed by atoms with E-state index in [1.54, 1.807) is 0 Å². The molecular formula is C22H29BrO4. The molecule has 148 valence electrons. The van der Waals surface area contributed by atoms with Crippen LogP contribution in [0.1, 0.15) is 68.9 Å². The predicted octanol–water partition coefficient (Wildman–Crippen LogP) is 5.18. The number of aryl methyl sites for hydroxylation is 1. The van der Waals surface area contributed by atoms with Crippen molar-refractivity contribution in [2.75, 3.05) is 0 Å². The average molecular weight is 437 g/mol. The second kappa shape index (κ2) is 9.24. The Labute approximate surface area is 169 Å². The molecule has 1 aliphatic heterocycles. The molecule has 0 bridgehead atoms. The fourth-order valence-electron chi connectivity index (χ4n) is 4.38. The van der Waals surface area contributed by atoms with Gasteiger partial charge < -0.3 is 14.9 Å². The number of allylic oxidation sites excluding steroid dienone is 1. The Morgan fingerprint density at radius 1 is 1.37 bits per heavy atom. The summed E-state index contributed by atoms with van der Waals surface area (Å²) in [5.74, 6) is 0.736. The summed E-state index contributed by atoms with van der Waals surface area (Å²) in [6.07, 6.45) is 8.69. The van der Waals surface area contributed by atoms with Crippen LogP contribution in [0.15, 0.2) is 28.8 Å². The summed E-state index contributed by atoms with van der Waals surface area (Å²) in [7, 11) is 0. The van der Waals surface area contributed by atoms with Gasteiger partial charge in [-0.25, -0.2) is 0 Å². The standard InChI is InChI=1S/C22H29BrO4/c1-2-3-4-8-18(24)17(23)13-15-9-11-19-21(15)16-7-5-6-14(22(16)27-19)10-12-20(25)26/h5-7,13,15,18-19,21,24H,2-4,8-12H2,1H3,(H,25,26)/b17-13-/t15?,18?,19-,21-/m0/s1. The molecule has 1 saturated carbocycles. The number of carbonyl (C=O) groups is 1. The number of hydrogen-bond donors (Lipinski definition) is 2. The number of rotatable bonds is 9. The molecule has 0 amide bonds. The van der Waals surface area contributed by atoms with Crippen LogP contribution in [0.2, 0.25) is 0 Å². The van der Waals surface area contributed by atoms with Crippen LogP contribution in [0.25, 0.3) is 0 Å². The van der Waals surface area contributed by atoms with Crippen molar-refractivity contribution in [1.29, 1.82) is 0 Å². The molecule has 4 atom stereocenters. The Hall–Kier alpha value is -1.33. The lowest BCUT2D eigenvalue weighted by Crippen LogP contribution is -2.15. The normalized spacial score (nSPS) is 25.0. The largest absolute Gasteiger partial charge is 0.489 e. The van der Waals surface area contributed by atoms with Crippen molar-refractivity contribution in [3.05, 3.63) is 39.9 Å². The summed E-state index contributed by atoms with van der Waals surface area (Å²) in [6.45, 7) is 2.16. The van der Waals surface area contributed by atoms with E-state index < -0.39 is 12.1 Å². The van der Waals surface area contributed by atoms with E-state index in [9.17, 15) is 9.90 Å². The molecule has 27 heavy (non-hydrogen) atoms. The first-order valence-electron chi connectivity index (χ1n) is 10.1. The first-order valence-corrected chi connectivity index (χ1v) is 10.9. The summed E-state index contributed by atoms with van der Waals surface area (Å²) in [5, 5.41) is 19.4. The third-order valence-corrected chi connectivity index (χ3v) is 6.58. The Balaban J connectivity index is 1.74. The number of benzene rings is 1. The average Bonchev–Trinajstić information content (AvgIpc) is 3.20. The van der Waals surface area contributed by atoms with Crippen molar-refractivity contribution >= 4 is 21.9 Å². The molecule has 0 aromatic heterocycles. The van der Waals surface area contributed by atoms with E-state index in [0.717, 1.165) is 54.3 Å². The lowest BCUT2D eigenvalue weighted by atomic mass is 9.87. The van der Waals surface area contributed by atoms with E-state index in [1.165, 1.54) is 5.56 Å². The van der Waals surface area contributed by atoms with Gasteiger partial charge >= 0.3 is 5.97 Å². The minimum atomic E-state index is -0.785. The summed E-state index contributed by atoms with van der Waals surface area (Å²) < 4.78 is 7.13. The fraction of sp³-hybridized carbons (Fsp3) is 0.591. The van der Waals surface area contributed by atoms with Crippen molar-refractivity contribution < 1.29 is 19.7 Å². The Morgan fingerprint density at radius 3 is 2.93 bits per heavy atom. The van der Waals surface area contributed by atoms with Crippen LogP contribution in [-0.4, -0.2) is 28.4 Å². The van der Waals surface area contributed by atoms with Crippen LogP contribution in [0.4, 0.5) is 0 Å². The number of aliphatic hydroxyl groups is 1. The minimum Gasteiger partial charge on any atom is -0.489 e. The van der Waals surface area contributed by atoms with Crippen LogP contribution >= 0.6 is 15.9 Å². The second-order valence-corrected chi connectivity index (χ2v) is 8.63. The van der Waals surface area contributed by atoms with Gasteiger partial charge in [0.2, 0.25) is 0 Å². The monoisotopic (exact) mass is 436 g/mol. The lowest BCUT2D eigenvalue weighted by Gasteiger charge is -2.17. The van der Waals surface area contributed by atoms with E-state index in [-0.39, 0.29) is 12.5 Å². The molecule has 1 heterocycles. The fourth-order valence-corrected chi connectivity index (χ4v) is 4.95. The highest BCUT2D eigenvalue weighted by Crippen LogP contribution is 2.52. The third kappa shape index (κ3) is 4.75. The van der Waals surface area contributed by atoms with Crippen molar-refractivity contribution in [3.8, 4) is 5.75 Å². The van der Waals surface area contributed by atoms with Crippen LogP contribution in [0.5, 0.6) is 5.75 Å². The van der Waals surface area contributed by atoms with Gasteiger partial charge in [0.15, 0.2) is 0 Å². The van der Waals surface area contributed by atoms with Gasteiger partial charge in [0, 0.05) is 22.4 Å². The number of hydrogen-bond acceptors (Lipinski definition) is 3. The maximum atomic E-state index is 10.9. The molecule has 1 aromatic carbocycles. The highest BCUT2D eigenvalue weighted by atomic mass is 79.9. The molecule has 2 unspecified atom stereocenters. The molecule has 5 heteroatoms. The number of para-hydroxylation sites is 1. The smallest absolute Gasteiger partial charge is 0.303 e. The summed E-state index contributed by atoms with van der Waals surface area (Å²) >= 11 is 3.60. The Bertz CT molecular complexity index is 700. The molecular weight excluding hydrogens is 408 g/mol. The number of ether oxygens (including phenoxy) is 1. The molecule has 1 aromatic rings. The topological polar surface area (TPSA) is 66.8 Å². The van der Waals surface area contributed by atoms with Gasteiger partial charge in [0.25, 0.3) is 0 Å². The van der Waals surface area contributed by atoms with Crippen LogP contribution in [-0.2, 0) is 11.2 Å².